The van der Waals surface area contributed by atoms with Crippen molar-refractivity contribution in [1.29, 1.82) is 0 Å². The van der Waals surface area contributed by atoms with E-state index in [9.17, 15) is 4.79 Å². The van der Waals surface area contributed by atoms with Crippen LogP contribution in [0.2, 0.25) is 0 Å². The zero-order valence-corrected chi connectivity index (χ0v) is 13.3. The highest BCUT2D eigenvalue weighted by molar-refractivity contribution is 5.74. The van der Waals surface area contributed by atoms with Crippen LogP contribution in [0, 0.1) is 0 Å². The van der Waals surface area contributed by atoms with E-state index in [1.54, 1.807) is 0 Å². The summed E-state index contributed by atoms with van der Waals surface area (Å²) in [5.41, 5.74) is 1.27. The molecule has 120 valence electrons. The van der Waals surface area contributed by atoms with Gasteiger partial charge >= 0.3 is 6.03 Å². The third-order valence-corrected chi connectivity index (χ3v) is 4.98. The van der Waals surface area contributed by atoms with Crippen molar-refractivity contribution in [3.63, 3.8) is 0 Å². The van der Waals surface area contributed by atoms with E-state index >= 15 is 0 Å². The molecule has 0 unspecified atom stereocenters. The van der Waals surface area contributed by atoms with Gasteiger partial charge < -0.3 is 10.2 Å². The summed E-state index contributed by atoms with van der Waals surface area (Å²) >= 11 is 0. The third kappa shape index (κ3) is 4.01. The van der Waals surface area contributed by atoms with Gasteiger partial charge in [0.2, 0.25) is 0 Å². The summed E-state index contributed by atoms with van der Waals surface area (Å²) in [6, 6.07) is 11.2. The molecule has 2 fully saturated rings. The first-order chi connectivity index (χ1) is 10.8. The molecule has 4 heteroatoms. The molecular weight excluding hydrogens is 274 g/mol. The van der Waals surface area contributed by atoms with Crippen LogP contribution in [0.5, 0.6) is 0 Å². The van der Waals surface area contributed by atoms with Crippen molar-refractivity contribution < 1.29 is 4.79 Å². The van der Waals surface area contributed by atoms with Crippen LogP contribution in [-0.4, -0.2) is 54.6 Å². The lowest BCUT2D eigenvalue weighted by atomic mass is 10.1. The molecular formula is C18H27N3O. The molecule has 1 N–H and O–H groups in total. The zero-order valence-electron chi connectivity index (χ0n) is 13.3. The van der Waals surface area contributed by atoms with Crippen molar-refractivity contribution in [3.05, 3.63) is 35.9 Å². The van der Waals surface area contributed by atoms with Crippen LogP contribution in [0.15, 0.2) is 30.3 Å². The van der Waals surface area contributed by atoms with Crippen molar-refractivity contribution in [3.8, 4) is 0 Å². The molecule has 0 bridgehead atoms. The van der Waals surface area contributed by atoms with E-state index in [0.29, 0.717) is 6.54 Å². The van der Waals surface area contributed by atoms with Crippen LogP contribution in [0.1, 0.15) is 31.2 Å². The van der Waals surface area contributed by atoms with Gasteiger partial charge in [-0.05, 0) is 24.8 Å². The number of hydrogen-bond donors (Lipinski definition) is 1. The van der Waals surface area contributed by atoms with Crippen molar-refractivity contribution in [1.82, 2.24) is 15.1 Å². The Labute approximate surface area is 133 Å². The summed E-state index contributed by atoms with van der Waals surface area (Å²) in [7, 11) is 0. The second-order valence-corrected chi connectivity index (χ2v) is 6.43. The summed E-state index contributed by atoms with van der Waals surface area (Å²) in [6.07, 6.45) is 6.36. The SMILES string of the molecule is O=C(NCCc1ccccc1)N1CCN(C2CCCC2)CC1. The maximum Gasteiger partial charge on any atom is 0.317 e. The normalized spacial score (nSPS) is 20.3. The van der Waals surface area contributed by atoms with Crippen LogP contribution < -0.4 is 5.32 Å². The Morgan fingerprint density at radius 1 is 1.05 bits per heavy atom. The smallest absolute Gasteiger partial charge is 0.317 e. The fraction of sp³-hybridized carbons (Fsp3) is 0.611. The summed E-state index contributed by atoms with van der Waals surface area (Å²) < 4.78 is 0. The molecule has 1 aromatic carbocycles. The number of benzene rings is 1. The molecule has 1 aliphatic heterocycles. The van der Waals surface area contributed by atoms with Crippen LogP contribution in [0.4, 0.5) is 4.79 Å². The number of nitrogens with one attached hydrogen (secondary N) is 1. The molecule has 3 rings (SSSR count). The first kappa shape index (κ1) is 15.3. The number of carbonyl (C=O) groups excluding carboxylic acids is 1. The highest BCUT2D eigenvalue weighted by Gasteiger charge is 2.27. The Balaban J connectivity index is 1.36. The largest absolute Gasteiger partial charge is 0.338 e. The Morgan fingerprint density at radius 3 is 2.41 bits per heavy atom. The number of nitrogens with zero attached hydrogens (tertiary/aromatic N) is 2. The maximum atomic E-state index is 12.2. The van der Waals surface area contributed by atoms with Crippen LogP contribution in [-0.2, 0) is 6.42 Å². The van der Waals surface area contributed by atoms with Gasteiger partial charge in [0.25, 0.3) is 0 Å². The molecule has 0 spiro atoms. The second kappa shape index (κ2) is 7.63. The van der Waals surface area contributed by atoms with E-state index in [0.717, 1.165) is 38.6 Å². The van der Waals surface area contributed by atoms with E-state index in [2.05, 4.69) is 22.3 Å². The van der Waals surface area contributed by atoms with E-state index in [-0.39, 0.29) is 6.03 Å². The van der Waals surface area contributed by atoms with Gasteiger partial charge in [0, 0.05) is 38.8 Å². The van der Waals surface area contributed by atoms with Gasteiger partial charge in [0.05, 0.1) is 0 Å². The van der Waals surface area contributed by atoms with E-state index in [4.69, 9.17) is 0 Å². The lowest BCUT2D eigenvalue weighted by molar-refractivity contribution is 0.110. The molecule has 4 nitrogen and oxygen atoms in total. The molecule has 22 heavy (non-hydrogen) atoms. The van der Waals surface area contributed by atoms with Gasteiger partial charge in [-0.1, -0.05) is 43.2 Å². The first-order valence-corrected chi connectivity index (χ1v) is 8.64. The standard InChI is InChI=1S/C18H27N3O/c22-18(19-11-10-16-6-2-1-3-7-16)21-14-12-20(13-15-21)17-8-4-5-9-17/h1-3,6-7,17H,4-5,8-15H2,(H,19,22). The summed E-state index contributed by atoms with van der Waals surface area (Å²) in [5.74, 6) is 0. The average Bonchev–Trinajstić information content (AvgIpc) is 3.10. The number of hydrogen-bond acceptors (Lipinski definition) is 2. The van der Waals surface area contributed by atoms with Gasteiger partial charge in [-0.25, -0.2) is 4.79 Å². The van der Waals surface area contributed by atoms with Crippen molar-refractivity contribution in [2.45, 2.75) is 38.1 Å². The molecule has 1 saturated carbocycles. The lowest BCUT2D eigenvalue weighted by Gasteiger charge is -2.38. The van der Waals surface area contributed by atoms with Gasteiger partial charge in [0.15, 0.2) is 0 Å². The van der Waals surface area contributed by atoms with Crippen molar-refractivity contribution >= 4 is 6.03 Å². The van der Waals surface area contributed by atoms with Crippen molar-refractivity contribution in [2.75, 3.05) is 32.7 Å². The number of urea groups is 1. The van der Waals surface area contributed by atoms with Crippen molar-refractivity contribution in [2.24, 2.45) is 0 Å². The Bertz CT molecular complexity index is 462. The van der Waals surface area contributed by atoms with Crippen LogP contribution >= 0.6 is 0 Å². The Hall–Kier alpha value is -1.55. The lowest BCUT2D eigenvalue weighted by Crippen LogP contribution is -2.53. The minimum absolute atomic E-state index is 0.0991. The van der Waals surface area contributed by atoms with Crippen LogP contribution in [0.3, 0.4) is 0 Å². The maximum absolute atomic E-state index is 12.2. The molecule has 0 atom stereocenters. The van der Waals surface area contributed by atoms with Gasteiger partial charge in [-0.15, -0.1) is 0 Å². The quantitative estimate of drug-likeness (QED) is 0.927. The number of rotatable bonds is 4. The highest BCUT2D eigenvalue weighted by atomic mass is 16.2. The zero-order chi connectivity index (χ0) is 15.2. The first-order valence-electron chi connectivity index (χ1n) is 8.64. The highest BCUT2D eigenvalue weighted by Crippen LogP contribution is 2.24. The predicted molar refractivity (Wildman–Crippen MR) is 88.9 cm³/mol. The van der Waals surface area contributed by atoms with Gasteiger partial charge in [-0.2, -0.15) is 0 Å². The minimum Gasteiger partial charge on any atom is -0.338 e. The molecule has 1 aliphatic carbocycles. The van der Waals surface area contributed by atoms with E-state index in [1.165, 1.54) is 31.2 Å². The average molecular weight is 301 g/mol. The molecule has 1 heterocycles. The Kier molecular flexibility index (Phi) is 5.33. The summed E-state index contributed by atoms with van der Waals surface area (Å²) in [6.45, 7) is 4.53. The fourth-order valence-corrected chi connectivity index (χ4v) is 3.63. The molecule has 1 aromatic rings. The van der Waals surface area contributed by atoms with E-state index in [1.807, 2.05) is 23.1 Å². The fourth-order valence-electron chi connectivity index (χ4n) is 3.63. The molecule has 2 aliphatic rings. The number of amides is 2. The predicted octanol–water partition coefficient (Wildman–Crippen LogP) is 2.50. The van der Waals surface area contributed by atoms with Crippen LogP contribution in [0.25, 0.3) is 0 Å². The third-order valence-electron chi connectivity index (χ3n) is 4.98. The van der Waals surface area contributed by atoms with Gasteiger partial charge in [-0.3, -0.25) is 4.90 Å². The molecule has 1 saturated heterocycles. The van der Waals surface area contributed by atoms with E-state index < -0.39 is 0 Å². The monoisotopic (exact) mass is 301 g/mol. The number of piperazine rings is 1. The topological polar surface area (TPSA) is 35.6 Å². The summed E-state index contributed by atoms with van der Waals surface area (Å²) in [5, 5.41) is 3.05. The molecule has 0 aromatic heterocycles. The summed E-state index contributed by atoms with van der Waals surface area (Å²) in [4.78, 5) is 16.8. The van der Waals surface area contributed by atoms with Gasteiger partial charge in [0.1, 0.15) is 0 Å². The Morgan fingerprint density at radius 2 is 1.73 bits per heavy atom. The molecule has 0 radical (unpaired) electrons. The number of carbonyl (C=O) groups is 1. The minimum atomic E-state index is 0.0991. The second-order valence-electron chi connectivity index (χ2n) is 6.43. The molecule has 2 amide bonds.